The topological polar surface area (TPSA) is 113 Å². The van der Waals surface area contributed by atoms with Gasteiger partial charge in [-0.3, -0.25) is 0 Å². The fraction of sp³-hybridized carbons (Fsp3) is 0.333. The maximum atomic E-state index is 5.97. The average Bonchev–Trinajstić information content (AvgIpc) is 2.45. The van der Waals surface area contributed by atoms with Crippen LogP contribution in [0.25, 0.3) is 0 Å². The Morgan fingerprint density at radius 1 is 0.739 bits per heavy atom. The maximum Gasteiger partial charge on any atom is 0.127 e. The van der Waals surface area contributed by atoms with E-state index in [9.17, 15) is 0 Å². The standard InChI is InChI=1S/C18H26N4O/c1-11-3-5-15(7-13(11)9-17(19)20)23-16-6-4-12(2)14(8-16)10-18(21)22/h3-8,17-18H,9-10,19-22H2,1-2H3. The van der Waals surface area contributed by atoms with Crippen LogP contribution in [0.4, 0.5) is 0 Å². The summed E-state index contributed by atoms with van der Waals surface area (Å²) in [6, 6.07) is 11.9. The van der Waals surface area contributed by atoms with Crippen molar-refractivity contribution in [3.8, 4) is 11.5 Å². The minimum Gasteiger partial charge on any atom is -0.457 e. The van der Waals surface area contributed by atoms with Gasteiger partial charge in [-0.25, -0.2) is 0 Å². The van der Waals surface area contributed by atoms with Gasteiger partial charge in [-0.15, -0.1) is 0 Å². The van der Waals surface area contributed by atoms with Crippen LogP contribution < -0.4 is 27.7 Å². The number of ether oxygens (including phenoxy) is 1. The van der Waals surface area contributed by atoms with Crippen LogP contribution in [0.15, 0.2) is 36.4 Å². The van der Waals surface area contributed by atoms with Crippen molar-refractivity contribution in [2.45, 2.75) is 39.0 Å². The summed E-state index contributed by atoms with van der Waals surface area (Å²) in [5.74, 6) is 1.52. The van der Waals surface area contributed by atoms with Crippen LogP contribution in [-0.2, 0) is 12.8 Å². The Labute approximate surface area is 137 Å². The number of nitrogens with two attached hydrogens (primary N) is 4. The van der Waals surface area contributed by atoms with Gasteiger partial charge < -0.3 is 27.7 Å². The Morgan fingerprint density at radius 2 is 1.13 bits per heavy atom. The smallest absolute Gasteiger partial charge is 0.127 e. The summed E-state index contributed by atoms with van der Waals surface area (Å²) in [6.07, 6.45) is 0.482. The summed E-state index contributed by atoms with van der Waals surface area (Å²) in [4.78, 5) is 0. The van der Waals surface area contributed by atoms with E-state index in [2.05, 4.69) is 0 Å². The molecule has 5 heteroatoms. The first-order valence-corrected chi connectivity index (χ1v) is 7.74. The van der Waals surface area contributed by atoms with E-state index in [0.717, 1.165) is 33.8 Å². The first kappa shape index (κ1) is 17.4. The van der Waals surface area contributed by atoms with Gasteiger partial charge in [0.15, 0.2) is 0 Å². The van der Waals surface area contributed by atoms with Crippen LogP contribution in [0.5, 0.6) is 11.5 Å². The third-order valence-electron chi connectivity index (χ3n) is 3.79. The SMILES string of the molecule is Cc1ccc(Oc2ccc(C)c(CC(N)N)c2)cc1CC(N)N. The molecule has 0 saturated heterocycles. The molecule has 124 valence electrons. The van der Waals surface area contributed by atoms with E-state index in [1.807, 2.05) is 50.2 Å². The Hall–Kier alpha value is -1.92. The highest BCUT2D eigenvalue weighted by Crippen LogP contribution is 2.26. The predicted molar refractivity (Wildman–Crippen MR) is 94.2 cm³/mol. The van der Waals surface area contributed by atoms with Crippen molar-refractivity contribution in [1.29, 1.82) is 0 Å². The monoisotopic (exact) mass is 314 g/mol. The Morgan fingerprint density at radius 3 is 1.48 bits per heavy atom. The van der Waals surface area contributed by atoms with Crippen LogP contribution >= 0.6 is 0 Å². The van der Waals surface area contributed by atoms with E-state index < -0.39 is 0 Å². The molecule has 2 aromatic rings. The van der Waals surface area contributed by atoms with Gasteiger partial charge in [0.05, 0.1) is 12.3 Å². The molecule has 0 heterocycles. The molecule has 0 aliphatic carbocycles. The van der Waals surface area contributed by atoms with E-state index >= 15 is 0 Å². The van der Waals surface area contributed by atoms with Crippen molar-refractivity contribution >= 4 is 0 Å². The maximum absolute atomic E-state index is 5.97. The van der Waals surface area contributed by atoms with Crippen LogP contribution in [0, 0.1) is 13.8 Å². The highest BCUT2D eigenvalue weighted by Gasteiger charge is 2.08. The van der Waals surface area contributed by atoms with Gasteiger partial charge in [-0.2, -0.15) is 0 Å². The van der Waals surface area contributed by atoms with Gasteiger partial charge in [0.2, 0.25) is 0 Å². The van der Waals surface area contributed by atoms with Gasteiger partial charge in [-0.05, 0) is 60.4 Å². The number of benzene rings is 2. The van der Waals surface area contributed by atoms with Gasteiger partial charge >= 0.3 is 0 Å². The number of hydrogen-bond donors (Lipinski definition) is 4. The molecule has 0 spiro atoms. The number of rotatable bonds is 6. The fourth-order valence-electron chi connectivity index (χ4n) is 2.51. The van der Waals surface area contributed by atoms with Gasteiger partial charge in [0, 0.05) is 12.8 Å². The molecular formula is C18H26N4O. The van der Waals surface area contributed by atoms with Gasteiger partial charge in [-0.1, -0.05) is 12.1 Å². The summed E-state index contributed by atoms with van der Waals surface area (Å²) in [5.41, 5.74) is 27.3. The van der Waals surface area contributed by atoms with E-state index in [0.29, 0.717) is 12.8 Å². The molecule has 23 heavy (non-hydrogen) atoms. The summed E-state index contributed by atoms with van der Waals surface area (Å²) >= 11 is 0. The predicted octanol–water partition coefficient (Wildman–Crippen LogP) is 1.67. The molecule has 5 nitrogen and oxygen atoms in total. The zero-order valence-electron chi connectivity index (χ0n) is 13.8. The Balaban J connectivity index is 2.22. The Bertz CT molecular complexity index is 611. The summed E-state index contributed by atoms with van der Waals surface area (Å²) < 4.78 is 5.97. The first-order chi connectivity index (χ1) is 10.8. The lowest BCUT2D eigenvalue weighted by atomic mass is 10.0. The highest BCUT2D eigenvalue weighted by atomic mass is 16.5. The van der Waals surface area contributed by atoms with E-state index in [1.54, 1.807) is 0 Å². The molecule has 0 amide bonds. The van der Waals surface area contributed by atoms with E-state index in [4.69, 9.17) is 27.7 Å². The molecule has 2 rings (SSSR count). The summed E-state index contributed by atoms with van der Waals surface area (Å²) in [5, 5.41) is 0. The molecule has 0 saturated carbocycles. The molecule has 2 aromatic carbocycles. The quantitative estimate of drug-likeness (QED) is 0.606. The van der Waals surface area contributed by atoms with E-state index in [-0.39, 0.29) is 12.3 Å². The molecular weight excluding hydrogens is 288 g/mol. The van der Waals surface area contributed by atoms with Crippen molar-refractivity contribution in [2.75, 3.05) is 0 Å². The molecule has 0 atom stereocenters. The summed E-state index contributed by atoms with van der Waals surface area (Å²) in [7, 11) is 0. The first-order valence-electron chi connectivity index (χ1n) is 7.74. The van der Waals surface area contributed by atoms with Crippen LogP contribution in [0.2, 0.25) is 0 Å². The second-order valence-electron chi connectivity index (χ2n) is 6.01. The van der Waals surface area contributed by atoms with Crippen LogP contribution in [-0.4, -0.2) is 12.3 Å². The lowest BCUT2D eigenvalue weighted by molar-refractivity contribution is 0.480. The lowest BCUT2D eigenvalue weighted by Crippen LogP contribution is -2.32. The zero-order valence-corrected chi connectivity index (χ0v) is 13.8. The fourth-order valence-corrected chi connectivity index (χ4v) is 2.51. The summed E-state index contributed by atoms with van der Waals surface area (Å²) in [6.45, 7) is 4.07. The van der Waals surface area contributed by atoms with Crippen molar-refractivity contribution < 1.29 is 4.74 Å². The average molecular weight is 314 g/mol. The van der Waals surface area contributed by atoms with E-state index in [1.165, 1.54) is 0 Å². The highest BCUT2D eigenvalue weighted by molar-refractivity contribution is 5.41. The second kappa shape index (κ2) is 7.57. The third kappa shape index (κ3) is 5.04. The second-order valence-corrected chi connectivity index (χ2v) is 6.01. The van der Waals surface area contributed by atoms with Crippen molar-refractivity contribution in [1.82, 2.24) is 0 Å². The molecule has 0 aliphatic rings. The van der Waals surface area contributed by atoms with Crippen LogP contribution in [0.1, 0.15) is 22.3 Å². The van der Waals surface area contributed by atoms with Crippen molar-refractivity contribution in [3.05, 3.63) is 58.7 Å². The van der Waals surface area contributed by atoms with Crippen molar-refractivity contribution in [3.63, 3.8) is 0 Å². The number of hydrogen-bond acceptors (Lipinski definition) is 5. The van der Waals surface area contributed by atoms with Crippen molar-refractivity contribution in [2.24, 2.45) is 22.9 Å². The molecule has 0 unspecified atom stereocenters. The molecule has 0 radical (unpaired) electrons. The largest absolute Gasteiger partial charge is 0.457 e. The molecule has 0 aromatic heterocycles. The lowest BCUT2D eigenvalue weighted by Gasteiger charge is -2.14. The normalized spacial score (nSPS) is 11.3. The number of aryl methyl sites for hydroxylation is 2. The minimum absolute atomic E-state index is 0.374. The van der Waals surface area contributed by atoms with Gasteiger partial charge in [0.1, 0.15) is 11.5 Å². The molecule has 0 fully saturated rings. The third-order valence-corrected chi connectivity index (χ3v) is 3.79. The molecule has 8 N–H and O–H groups in total. The Kier molecular flexibility index (Phi) is 5.74. The minimum atomic E-state index is -0.374. The van der Waals surface area contributed by atoms with Gasteiger partial charge in [0.25, 0.3) is 0 Å². The molecule has 0 aliphatic heterocycles. The molecule has 0 bridgehead atoms. The van der Waals surface area contributed by atoms with Crippen LogP contribution in [0.3, 0.4) is 0 Å². The zero-order chi connectivity index (χ0) is 17.0.